The molecule has 2 atom stereocenters. The average molecular weight is 375 g/mol. The average Bonchev–Trinajstić information content (AvgIpc) is 3.11. The minimum atomic E-state index is -3.35. The number of hydrogen-bond donors (Lipinski definition) is 0. The number of terminal acetylenes is 1. The van der Waals surface area contributed by atoms with E-state index in [2.05, 4.69) is 5.92 Å². The standard InChI is InChI=1S/C18H18N2O3S2/c1-3-16-9-10-17(24-16)25(22,23)20-12-11-19(13-14(20)2)18(21)15-7-5-4-6-8-15/h1,4-10,14H,11-13H2,2H3/p+1. The van der Waals surface area contributed by atoms with Crippen LogP contribution in [0.5, 0.6) is 0 Å². The Morgan fingerprint density at radius 3 is 2.60 bits per heavy atom. The summed E-state index contributed by atoms with van der Waals surface area (Å²) in [7, 11) is -3.35. The predicted molar refractivity (Wildman–Crippen MR) is 99.1 cm³/mol. The van der Waals surface area contributed by atoms with Crippen LogP contribution in [-0.4, -0.2) is 49.2 Å². The minimum absolute atomic E-state index is 0.0534. The van der Waals surface area contributed by atoms with Gasteiger partial charge in [0.25, 0.3) is 5.91 Å². The molecule has 1 aliphatic rings. The van der Waals surface area contributed by atoms with Crippen molar-refractivity contribution in [3.63, 3.8) is 0 Å². The normalized spacial score (nSPS) is 20.6. The van der Waals surface area contributed by atoms with Crippen molar-refractivity contribution < 1.29 is 13.2 Å². The van der Waals surface area contributed by atoms with Gasteiger partial charge in [0.05, 0.1) is 4.88 Å². The van der Waals surface area contributed by atoms with Gasteiger partial charge < -0.3 is 4.90 Å². The maximum Gasteiger partial charge on any atom is 0.385 e. The Morgan fingerprint density at radius 1 is 1.28 bits per heavy atom. The first-order valence-corrected chi connectivity index (χ1v) is 10.2. The van der Waals surface area contributed by atoms with E-state index in [0.29, 0.717) is 34.3 Å². The highest BCUT2D eigenvalue weighted by atomic mass is 32.2. The second-order valence-corrected chi connectivity index (χ2v) is 9.11. The van der Waals surface area contributed by atoms with Crippen LogP contribution in [0.3, 0.4) is 0 Å². The summed E-state index contributed by atoms with van der Waals surface area (Å²) in [6.45, 7) is 3.00. The van der Waals surface area contributed by atoms with E-state index < -0.39 is 10.0 Å². The van der Waals surface area contributed by atoms with Crippen LogP contribution in [0.15, 0.2) is 46.7 Å². The highest BCUT2D eigenvalue weighted by Crippen LogP contribution is 2.27. The molecule has 0 radical (unpaired) electrons. The van der Waals surface area contributed by atoms with E-state index in [1.165, 1.54) is 0 Å². The fourth-order valence-corrected chi connectivity index (χ4v) is 5.81. The third kappa shape index (κ3) is 3.47. The topological polar surface area (TPSA) is 62.0 Å². The first-order valence-electron chi connectivity index (χ1n) is 7.87. The Hall–Kier alpha value is -2.14. The zero-order valence-corrected chi connectivity index (χ0v) is 15.4. The van der Waals surface area contributed by atoms with Gasteiger partial charge in [0, 0.05) is 31.2 Å². The van der Waals surface area contributed by atoms with Crippen molar-refractivity contribution in [1.82, 2.24) is 9.21 Å². The number of carbonyl (C=O) groups excluding carboxylic acids is 1. The molecule has 1 saturated heterocycles. The molecule has 1 amide bonds. The number of piperazine rings is 1. The van der Waals surface area contributed by atoms with E-state index in [9.17, 15) is 13.2 Å². The van der Waals surface area contributed by atoms with Crippen LogP contribution in [0, 0.1) is 12.3 Å². The van der Waals surface area contributed by atoms with Crippen molar-refractivity contribution in [2.75, 3.05) is 19.6 Å². The Kier molecular flexibility index (Phi) is 4.95. The van der Waals surface area contributed by atoms with Gasteiger partial charge in [0.15, 0.2) is 4.21 Å². The third-order valence-electron chi connectivity index (χ3n) is 4.18. The van der Waals surface area contributed by atoms with E-state index in [0.717, 1.165) is 11.3 Å². The van der Waals surface area contributed by atoms with Crippen LogP contribution < -0.4 is 0 Å². The van der Waals surface area contributed by atoms with Crippen molar-refractivity contribution in [3.8, 4) is 12.3 Å². The molecule has 2 unspecified atom stereocenters. The number of rotatable bonds is 3. The van der Waals surface area contributed by atoms with Gasteiger partial charge in [-0.3, -0.25) is 4.79 Å². The first-order chi connectivity index (χ1) is 11.9. The van der Waals surface area contributed by atoms with Crippen LogP contribution in [0.25, 0.3) is 0 Å². The Labute approximate surface area is 151 Å². The maximum atomic E-state index is 12.9. The van der Waals surface area contributed by atoms with Gasteiger partial charge in [-0.1, -0.05) is 24.1 Å². The van der Waals surface area contributed by atoms with Gasteiger partial charge >= 0.3 is 10.0 Å². The van der Waals surface area contributed by atoms with Crippen LogP contribution in [0.1, 0.15) is 22.2 Å². The summed E-state index contributed by atoms with van der Waals surface area (Å²) in [4.78, 5) is 14.9. The van der Waals surface area contributed by atoms with Crippen LogP contribution in [-0.2, 0) is 10.0 Å². The molecule has 1 fully saturated rings. The highest BCUT2D eigenvalue weighted by molar-refractivity contribution is 7.91. The number of benzene rings is 1. The van der Waals surface area contributed by atoms with Crippen molar-refractivity contribution in [2.45, 2.75) is 17.2 Å². The highest BCUT2D eigenvalue weighted by Gasteiger charge is 2.39. The summed E-state index contributed by atoms with van der Waals surface area (Å²) in [6.07, 6.45) is 5.35. The molecule has 0 bridgehead atoms. The second kappa shape index (κ2) is 7.00. The monoisotopic (exact) mass is 375 g/mol. The van der Waals surface area contributed by atoms with E-state index >= 15 is 0 Å². The SMILES string of the molecule is C#Cc1ccc(S(=O)(=[OH+])N2CCN(C(=O)c3ccccc3)CC2C)s1. The molecule has 3 rings (SSSR count). The van der Waals surface area contributed by atoms with E-state index in [4.69, 9.17) is 6.42 Å². The lowest BCUT2D eigenvalue weighted by Crippen LogP contribution is -2.55. The fraction of sp³-hybridized carbons (Fsp3) is 0.278. The van der Waals surface area contributed by atoms with Crippen LogP contribution in [0.2, 0.25) is 0 Å². The Morgan fingerprint density at radius 2 is 2.00 bits per heavy atom. The molecular formula is C18H19N2O3S2+. The summed E-state index contributed by atoms with van der Waals surface area (Å²) in [5.74, 6) is 2.43. The molecule has 5 nitrogen and oxygen atoms in total. The van der Waals surface area contributed by atoms with Gasteiger partial charge in [-0.05, 0) is 31.2 Å². The summed E-state index contributed by atoms with van der Waals surface area (Å²) >= 11 is 1.16. The van der Waals surface area contributed by atoms with Gasteiger partial charge in [0.1, 0.15) is 0 Å². The number of amides is 1. The van der Waals surface area contributed by atoms with Crippen molar-refractivity contribution in [3.05, 3.63) is 52.9 Å². The number of thiophene rings is 1. The molecule has 0 spiro atoms. The van der Waals surface area contributed by atoms with E-state index in [1.54, 1.807) is 33.5 Å². The van der Waals surface area contributed by atoms with Crippen LogP contribution in [0.4, 0.5) is 0 Å². The van der Waals surface area contributed by atoms with Gasteiger partial charge in [-0.2, -0.15) is 4.21 Å². The molecular weight excluding hydrogens is 356 g/mol. The summed E-state index contributed by atoms with van der Waals surface area (Å²) < 4.78 is 25.5. The number of nitrogens with zero attached hydrogens (tertiary/aromatic N) is 2. The number of carbonyl (C=O) groups is 1. The quantitative estimate of drug-likeness (QED) is 0.611. The third-order valence-corrected chi connectivity index (χ3v) is 7.73. The molecule has 0 saturated carbocycles. The van der Waals surface area contributed by atoms with Gasteiger partial charge in [-0.15, -0.1) is 22.1 Å². The molecule has 0 aliphatic carbocycles. The first kappa shape index (κ1) is 17.7. The molecule has 2 heterocycles. The summed E-state index contributed by atoms with van der Waals surface area (Å²) in [5.41, 5.74) is 0.629. The zero-order chi connectivity index (χ0) is 18.0. The molecule has 25 heavy (non-hydrogen) atoms. The molecule has 1 aromatic carbocycles. The lowest BCUT2D eigenvalue weighted by atomic mass is 10.1. The molecule has 1 aliphatic heterocycles. The van der Waals surface area contributed by atoms with Crippen molar-refractivity contribution in [1.29, 1.82) is 0 Å². The Balaban J connectivity index is 1.76. The Bertz CT molecular complexity index is 913. The number of hydrogen-bond acceptors (Lipinski definition) is 3. The van der Waals surface area contributed by atoms with E-state index in [-0.39, 0.29) is 11.9 Å². The lowest BCUT2D eigenvalue weighted by molar-refractivity contribution is 0.0642. The van der Waals surface area contributed by atoms with Crippen molar-refractivity contribution >= 4 is 27.3 Å². The van der Waals surface area contributed by atoms with Crippen LogP contribution >= 0.6 is 11.3 Å². The zero-order valence-electron chi connectivity index (χ0n) is 13.8. The molecule has 130 valence electrons. The molecule has 7 heteroatoms. The van der Waals surface area contributed by atoms with Gasteiger partial charge in [0.2, 0.25) is 0 Å². The largest absolute Gasteiger partial charge is 0.385 e. The maximum absolute atomic E-state index is 12.9. The lowest BCUT2D eigenvalue weighted by Gasteiger charge is -2.36. The fourth-order valence-electron chi connectivity index (χ4n) is 2.91. The van der Waals surface area contributed by atoms with Gasteiger partial charge in [-0.25, -0.2) is 4.21 Å². The summed E-state index contributed by atoms with van der Waals surface area (Å²) in [5, 5.41) is 0. The van der Waals surface area contributed by atoms with Crippen molar-refractivity contribution in [2.24, 2.45) is 0 Å². The smallest absolute Gasteiger partial charge is 0.336 e. The minimum Gasteiger partial charge on any atom is -0.336 e. The molecule has 1 N–H and O–H groups in total. The predicted octanol–water partition coefficient (Wildman–Crippen LogP) is 2.42. The molecule has 1 aromatic heterocycles. The molecule has 2 aromatic rings. The summed E-state index contributed by atoms with van der Waals surface area (Å²) in [6, 6.07) is 12.1. The van der Waals surface area contributed by atoms with E-state index in [1.807, 2.05) is 25.1 Å². The second-order valence-electron chi connectivity index (χ2n) is 5.87.